The van der Waals surface area contributed by atoms with Crippen LogP contribution in [0.25, 0.3) is 10.9 Å². The van der Waals surface area contributed by atoms with Gasteiger partial charge in [0.1, 0.15) is 0 Å². The number of ether oxygens (including phenoxy) is 1. The number of hydrogen-bond donors (Lipinski definition) is 1. The van der Waals surface area contributed by atoms with Crippen LogP contribution in [-0.4, -0.2) is 34.0 Å². The van der Waals surface area contributed by atoms with E-state index < -0.39 is 17.9 Å². The van der Waals surface area contributed by atoms with Crippen molar-refractivity contribution in [2.45, 2.75) is 91.0 Å². The Morgan fingerprint density at radius 1 is 0.949 bits per heavy atom. The van der Waals surface area contributed by atoms with Gasteiger partial charge in [0.25, 0.3) is 5.91 Å². The number of esters is 1. The monoisotopic (exact) mass is 553 g/mol. The van der Waals surface area contributed by atoms with Crippen molar-refractivity contribution in [1.82, 2.24) is 9.78 Å². The first-order valence-electron chi connectivity index (χ1n) is 14.0. The van der Waals surface area contributed by atoms with Gasteiger partial charge in [-0.3, -0.25) is 9.59 Å². The Bertz CT molecular complexity index is 1270. The molecule has 0 aliphatic carbocycles. The van der Waals surface area contributed by atoms with Crippen LogP contribution in [0.15, 0.2) is 42.6 Å². The molecule has 3 aromatic rings. The van der Waals surface area contributed by atoms with Gasteiger partial charge in [-0.1, -0.05) is 87.9 Å². The summed E-state index contributed by atoms with van der Waals surface area (Å²) >= 11 is 6.32. The fourth-order valence-corrected chi connectivity index (χ4v) is 4.80. The molecule has 1 unspecified atom stereocenters. The van der Waals surface area contributed by atoms with E-state index in [1.165, 1.54) is 68.7 Å². The van der Waals surface area contributed by atoms with Gasteiger partial charge in [-0.25, -0.2) is 9.48 Å². The van der Waals surface area contributed by atoms with E-state index in [1.807, 2.05) is 25.1 Å². The first kappa shape index (κ1) is 30.4. The van der Waals surface area contributed by atoms with E-state index in [0.717, 1.165) is 30.2 Å². The summed E-state index contributed by atoms with van der Waals surface area (Å²) in [5, 5.41) is 8.08. The maximum absolute atomic E-state index is 13.2. The van der Waals surface area contributed by atoms with E-state index in [1.54, 1.807) is 12.3 Å². The first-order chi connectivity index (χ1) is 18.8. The highest BCUT2D eigenvalue weighted by atomic mass is 35.5. The second-order valence-electron chi connectivity index (χ2n) is 10.2. The normalized spacial score (nSPS) is 11.9. The molecular weight excluding hydrogens is 514 g/mol. The number of anilines is 1. The average Bonchev–Trinajstić information content (AvgIpc) is 3.30. The summed E-state index contributed by atoms with van der Waals surface area (Å²) in [6, 6.07) is 9.05. The zero-order valence-corrected chi connectivity index (χ0v) is 24.1. The molecule has 0 saturated carbocycles. The predicted octanol–water partition coefficient (Wildman–Crippen LogP) is 7.84. The van der Waals surface area contributed by atoms with Crippen molar-refractivity contribution >= 4 is 45.9 Å². The summed E-state index contributed by atoms with van der Waals surface area (Å²) in [5.74, 6) is -1.44. The molecule has 2 aromatic carbocycles. The Kier molecular flexibility index (Phi) is 12.0. The molecule has 7 nitrogen and oxygen atoms in total. The summed E-state index contributed by atoms with van der Waals surface area (Å²) in [6.45, 7) is 5.88. The molecule has 39 heavy (non-hydrogen) atoms. The van der Waals surface area contributed by atoms with E-state index >= 15 is 0 Å². The number of carbonyl (C=O) groups excluding carboxylic acids is 3. The molecular formula is C31H40ClN3O4. The Balaban J connectivity index is 1.53. The van der Waals surface area contributed by atoms with Gasteiger partial charge in [0.05, 0.1) is 34.6 Å². The number of amides is 1. The molecule has 0 fully saturated rings. The van der Waals surface area contributed by atoms with E-state index in [-0.39, 0.29) is 22.1 Å². The van der Waals surface area contributed by atoms with E-state index in [0.29, 0.717) is 12.1 Å². The number of unbranched alkanes of at least 4 members (excludes halogenated alkanes) is 9. The number of carbonyl (C=O) groups is 3. The van der Waals surface area contributed by atoms with Crippen LogP contribution in [-0.2, 0) is 14.3 Å². The van der Waals surface area contributed by atoms with E-state index in [9.17, 15) is 14.4 Å². The molecule has 0 spiro atoms. The van der Waals surface area contributed by atoms with Crippen molar-refractivity contribution < 1.29 is 19.1 Å². The highest BCUT2D eigenvalue weighted by molar-refractivity contribution is 6.34. The van der Waals surface area contributed by atoms with Gasteiger partial charge in [-0.15, -0.1) is 0 Å². The number of Topliss-reactive ketones (excluding diaryl/α,β-unsaturated/α-hetero) is 1. The number of aryl methyl sites for hydroxylation is 1. The SMILES string of the molecule is CCCCCCCCCCCCOC(=O)c1ccc(Cl)c(NC(=O)C(C(C)=O)n2ncc3cc(C)ccc32)c1. The molecule has 1 heterocycles. The third-order valence-corrected chi connectivity index (χ3v) is 7.15. The summed E-state index contributed by atoms with van der Waals surface area (Å²) < 4.78 is 6.85. The molecule has 210 valence electrons. The van der Waals surface area contributed by atoms with Crippen LogP contribution in [0.2, 0.25) is 5.02 Å². The third-order valence-electron chi connectivity index (χ3n) is 6.82. The molecule has 8 heteroatoms. The van der Waals surface area contributed by atoms with Gasteiger partial charge in [0.15, 0.2) is 11.8 Å². The van der Waals surface area contributed by atoms with Gasteiger partial charge in [-0.2, -0.15) is 5.10 Å². The van der Waals surface area contributed by atoms with Crippen LogP contribution in [0.5, 0.6) is 0 Å². The Morgan fingerprint density at radius 2 is 1.62 bits per heavy atom. The van der Waals surface area contributed by atoms with Crippen molar-refractivity contribution in [3.8, 4) is 0 Å². The number of nitrogens with zero attached hydrogens (tertiary/aromatic N) is 2. The number of rotatable bonds is 16. The van der Waals surface area contributed by atoms with Gasteiger partial charge >= 0.3 is 5.97 Å². The van der Waals surface area contributed by atoms with Crippen molar-refractivity contribution in [3.63, 3.8) is 0 Å². The topological polar surface area (TPSA) is 90.3 Å². The number of halogens is 1. The minimum Gasteiger partial charge on any atom is -0.462 e. The predicted molar refractivity (Wildman–Crippen MR) is 156 cm³/mol. The second-order valence-corrected chi connectivity index (χ2v) is 10.6. The van der Waals surface area contributed by atoms with Crippen molar-refractivity contribution in [2.75, 3.05) is 11.9 Å². The molecule has 0 radical (unpaired) electrons. The number of fused-ring (bicyclic) bond motifs is 1. The van der Waals surface area contributed by atoms with Crippen molar-refractivity contribution in [2.24, 2.45) is 0 Å². The van der Waals surface area contributed by atoms with Gasteiger partial charge < -0.3 is 10.1 Å². The lowest BCUT2D eigenvalue weighted by atomic mass is 10.1. The van der Waals surface area contributed by atoms with Gasteiger partial charge in [0.2, 0.25) is 0 Å². The highest BCUT2D eigenvalue weighted by Crippen LogP contribution is 2.26. The summed E-state index contributed by atoms with van der Waals surface area (Å²) in [5.41, 5.74) is 2.23. The minimum absolute atomic E-state index is 0.230. The summed E-state index contributed by atoms with van der Waals surface area (Å²) in [7, 11) is 0. The Morgan fingerprint density at radius 3 is 2.28 bits per heavy atom. The minimum atomic E-state index is -1.19. The zero-order chi connectivity index (χ0) is 28.2. The highest BCUT2D eigenvalue weighted by Gasteiger charge is 2.28. The number of hydrogen-bond acceptors (Lipinski definition) is 5. The maximum atomic E-state index is 13.2. The molecule has 0 saturated heterocycles. The van der Waals surface area contributed by atoms with E-state index in [4.69, 9.17) is 16.3 Å². The number of nitrogens with one attached hydrogen (secondary N) is 1. The summed E-state index contributed by atoms with van der Waals surface area (Å²) in [4.78, 5) is 38.3. The standard InChI is InChI=1S/C31H40ClN3O4/c1-4-5-6-7-8-9-10-11-12-13-18-39-31(38)24-15-16-26(32)27(20-24)34-30(37)29(23(3)36)35-28-17-14-22(2)19-25(28)21-33-35/h14-17,19-21,29H,4-13,18H2,1-3H3,(H,34,37). The van der Waals surface area contributed by atoms with Crippen LogP contribution in [0.4, 0.5) is 5.69 Å². The lowest BCUT2D eigenvalue weighted by Gasteiger charge is -2.17. The maximum Gasteiger partial charge on any atom is 0.338 e. The second kappa shape index (κ2) is 15.4. The van der Waals surface area contributed by atoms with Crippen LogP contribution < -0.4 is 5.32 Å². The number of benzene rings is 2. The van der Waals surface area contributed by atoms with Crippen LogP contribution in [0.3, 0.4) is 0 Å². The number of aromatic nitrogens is 2. The van der Waals surface area contributed by atoms with Crippen molar-refractivity contribution in [1.29, 1.82) is 0 Å². The largest absolute Gasteiger partial charge is 0.462 e. The molecule has 1 aromatic heterocycles. The molecule has 0 aliphatic heterocycles. The average molecular weight is 554 g/mol. The molecule has 1 amide bonds. The number of ketones is 1. The third kappa shape index (κ3) is 8.92. The quantitative estimate of drug-likeness (QED) is 0.111. The van der Waals surface area contributed by atoms with Crippen LogP contribution >= 0.6 is 11.6 Å². The van der Waals surface area contributed by atoms with Gasteiger partial charge in [-0.05, 0) is 50.6 Å². The van der Waals surface area contributed by atoms with Crippen LogP contribution in [0, 0.1) is 6.92 Å². The lowest BCUT2D eigenvalue weighted by molar-refractivity contribution is -0.129. The summed E-state index contributed by atoms with van der Waals surface area (Å²) in [6.07, 6.45) is 13.7. The van der Waals surface area contributed by atoms with Crippen LogP contribution in [0.1, 0.15) is 100 Å². The fourth-order valence-electron chi connectivity index (χ4n) is 4.63. The van der Waals surface area contributed by atoms with Crippen molar-refractivity contribution in [3.05, 3.63) is 58.7 Å². The Labute approximate surface area is 236 Å². The molecule has 0 bridgehead atoms. The zero-order valence-electron chi connectivity index (χ0n) is 23.3. The molecule has 1 atom stereocenters. The van der Waals surface area contributed by atoms with Gasteiger partial charge in [0, 0.05) is 5.39 Å². The lowest BCUT2D eigenvalue weighted by Crippen LogP contribution is -2.32. The molecule has 1 N–H and O–H groups in total. The fraction of sp³-hybridized carbons (Fsp3) is 0.484. The molecule has 0 aliphatic rings. The molecule has 3 rings (SSSR count). The van der Waals surface area contributed by atoms with E-state index in [2.05, 4.69) is 17.3 Å². The first-order valence-corrected chi connectivity index (χ1v) is 14.4. The smallest absolute Gasteiger partial charge is 0.338 e. The Hall–Kier alpha value is -3.19.